The normalized spacial score (nSPS) is 11.3. The van der Waals surface area contributed by atoms with Gasteiger partial charge in [0.15, 0.2) is 5.69 Å². The standard InChI is InChI=1S/C9H6ClFN4O3S/c10-19(17,18)5-1-2-7(6(11)3-5)13-9(16)8-4-12-15-14-8/h1-4H,(H,13,16)(H,12,14,15). The van der Waals surface area contributed by atoms with Gasteiger partial charge in [-0.3, -0.25) is 4.79 Å². The Morgan fingerprint density at radius 3 is 2.68 bits per heavy atom. The summed E-state index contributed by atoms with van der Waals surface area (Å²) in [6.45, 7) is 0. The molecule has 1 aromatic heterocycles. The molecule has 1 heterocycles. The highest BCUT2D eigenvalue weighted by Gasteiger charge is 2.15. The van der Waals surface area contributed by atoms with Gasteiger partial charge in [-0.25, -0.2) is 12.8 Å². The van der Waals surface area contributed by atoms with Crippen molar-refractivity contribution in [1.29, 1.82) is 0 Å². The van der Waals surface area contributed by atoms with Gasteiger partial charge in [-0.1, -0.05) is 0 Å². The molecule has 1 aromatic carbocycles. The van der Waals surface area contributed by atoms with E-state index in [0.717, 1.165) is 18.3 Å². The van der Waals surface area contributed by atoms with Crippen molar-refractivity contribution < 1.29 is 17.6 Å². The van der Waals surface area contributed by atoms with Gasteiger partial charge in [0, 0.05) is 10.7 Å². The third-order valence-electron chi connectivity index (χ3n) is 2.12. The molecule has 0 aliphatic rings. The van der Waals surface area contributed by atoms with Crippen molar-refractivity contribution in [3.8, 4) is 0 Å². The van der Waals surface area contributed by atoms with E-state index < -0.39 is 25.7 Å². The summed E-state index contributed by atoms with van der Waals surface area (Å²) in [5, 5.41) is 11.4. The van der Waals surface area contributed by atoms with Crippen LogP contribution >= 0.6 is 10.7 Å². The van der Waals surface area contributed by atoms with E-state index in [1.54, 1.807) is 0 Å². The van der Waals surface area contributed by atoms with Crippen LogP contribution in [0.5, 0.6) is 0 Å². The van der Waals surface area contributed by atoms with Crippen molar-refractivity contribution in [2.45, 2.75) is 4.90 Å². The van der Waals surface area contributed by atoms with E-state index in [-0.39, 0.29) is 11.4 Å². The predicted octanol–water partition coefficient (Wildman–Crippen LogP) is 1.12. The van der Waals surface area contributed by atoms with Crippen molar-refractivity contribution in [2.24, 2.45) is 0 Å². The van der Waals surface area contributed by atoms with Crippen LogP contribution in [0.3, 0.4) is 0 Å². The summed E-state index contributed by atoms with van der Waals surface area (Å²) in [4.78, 5) is 11.2. The molecule has 19 heavy (non-hydrogen) atoms. The fraction of sp³-hybridized carbons (Fsp3) is 0. The lowest BCUT2D eigenvalue weighted by Crippen LogP contribution is -2.13. The largest absolute Gasteiger partial charge is 0.318 e. The molecule has 2 N–H and O–H groups in total. The minimum atomic E-state index is -4.02. The Bertz CT molecular complexity index is 717. The van der Waals surface area contributed by atoms with Gasteiger partial charge < -0.3 is 5.32 Å². The van der Waals surface area contributed by atoms with Gasteiger partial charge in [0.05, 0.1) is 16.8 Å². The highest BCUT2D eigenvalue weighted by molar-refractivity contribution is 8.13. The second kappa shape index (κ2) is 4.94. The van der Waals surface area contributed by atoms with Gasteiger partial charge in [-0.2, -0.15) is 15.4 Å². The van der Waals surface area contributed by atoms with Crippen LogP contribution in [0.25, 0.3) is 0 Å². The molecular weight excluding hydrogens is 299 g/mol. The van der Waals surface area contributed by atoms with Gasteiger partial charge in [0.25, 0.3) is 15.0 Å². The second-order valence-corrected chi connectivity index (χ2v) is 5.95. The van der Waals surface area contributed by atoms with Crippen molar-refractivity contribution in [1.82, 2.24) is 15.4 Å². The lowest BCUT2D eigenvalue weighted by Gasteiger charge is -2.05. The lowest BCUT2D eigenvalue weighted by molar-refractivity contribution is 0.102. The van der Waals surface area contributed by atoms with E-state index >= 15 is 0 Å². The minimum Gasteiger partial charge on any atom is -0.318 e. The van der Waals surface area contributed by atoms with Gasteiger partial charge in [-0.15, -0.1) is 0 Å². The zero-order valence-electron chi connectivity index (χ0n) is 9.09. The molecule has 2 rings (SSSR count). The number of aromatic nitrogens is 3. The summed E-state index contributed by atoms with van der Waals surface area (Å²) < 4.78 is 35.6. The van der Waals surface area contributed by atoms with Crippen LogP contribution in [0.2, 0.25) is 0 Å². The molecule has 1 amide bonds. The van der Waals surface area contributed by atoms with Crippen LogP contribution in [-0.2, 0) is 9.05 Å². The fourth-order valence-corrected chi connectivity index (χ4v) is 2.01. The van der Waals surface area contributed by atoms with E-state index in [9.17, 15) is 17.6 Å². The first-order valence-electron chi connectivity index (χ1n) is 4.79. The number of hydrogen-bond donors (Lipinski definition) is 2. The zero-order valence-corrected chi connectivity index (χ0v) is 10.7. The number of anilines is 1. The van der Waals surface area contributed by atoms with Crippen molar-refractivity contribution in [3.63, 3.8) is 0 Å². The van der Waals surface area contributed by atoms with Gasteiger partial charge in [0.2, 0.25) is 0 Å². The summed E-state index contributed by atoms with van der Waals surface area (Å²) in [6.07, 6.45) is 1.16. The third-order valence-corrected chi connectivity index (χ3v) is 3.47. The Morgan fingerprint density at radius 2 is 2.16 bits per heavy atom. The first kappa shape index (κ1) is 13.4. The van der Waals surface area contributed by atoms with E-state index in [1.165, 1.54) is 0 Å². The number of H-pyrrole nitrogens is 1. The quantitative estimate of drug-likeness (QED) is 0.827. The van der Waals surface area contributed by atoms with Crippen molar-refractivity contribution in [2.75, 3.05) is 5.32 Å². The molecule has 0 atom stereocenters. The number of aromatic amines is 1. The summed E-state index contributed by atoms with van der Waals surface area (Å²) in [6, 6.07) is 2.87. The zero-order chi connectivity index (χ0) is 14.0. The second-order valence-electron chi connectivity index (χ2n) is 3.39. The molecule has 0 radical (unpaired) electrons. The number of carbonyl (C=O) groups is 1. The molecule has 0 fully saturated rings. The number of nitrogens with zero attached hydrogens (tertiary/aromatic N) is 2. The molecular formula is C9H6ClFN4O3S. The van der Waals surface area contributed by atoms with Gasteiger partial charge in [-0.05, 0) is 18.2 Å². The average Bonchev–Trinajstić information content (AvgIpc) is 2.84. The summed E-state index contributed by atoms with van der Waals surface area (Å²) >= 11 is 0. The van der Waals surface area contributed by atoms with Crippen molar-refractivity contribution in [3.05, 3.63) is 35.9 Å². The number of benzene rings is 1. The highest BCUT2D eigenvalue weighted by Crippen LogP contribution is 2.21. The topological polar surface area (TPSA) is 105 Å². The number of hydrogen-bond acceptors (Lipinski definition) is 5. The lowest BCUT2D eigenvalue weighted by atomic mass is 10.3. The molecule has 0 aliphatic heterocycles. The Balaban J connectivity index is 2.25. The van der Waals surface area contributed by atoms with Crippen molar-refractivity contribution >= 4 is 31.3 Å². The van der Waals surface area contributed by atoms with Crippen LogP contribution < -0.4 is 5.32 Å². The van der Waals surface area contributed by atoms with Gasteiger partial charge >= 0.3 is 0 Å². The highest BCUT2D eigenvalue weighted by atomic mass is 35.7. The van der Waals surface area contributed by atoms with Crippen LogP contribution in [0.4, 0.5) is 10.1 Å². The number of amides is 1. The van der Waals surface area contributed by atoms with E-state index in [2.05, 4.69) is 20.7 Å². The number of rotatable bonds is 3. The number of nitrogens with one attached hydrogen (secondary N) is 2. The van der Waals surface area contributed by atoms with Crippen LogP contribution in [0.15, 0.2) is 29.3 Å². The Labute approximate surface area is 111 Å². The average molecular weight is 305 g/mol. The number of carbonyl (C=O) groups excluding carboxylic acids is 1. The SMILES string of the molecule is O=C(Nc1ccc(S(=O)(=O)Cl)cc1F)c1cn[nH]n1. The van der Waals surface area contributed by atoms with Crippen LogP contribution in [0.1, 0.15) is 10.5 Å². The Hall–Kier alpha value is -2.00. The van der Waals surface area contributed by atoms with Gasteiger partial charge in [0.1, 0.15) is 5.82 Å². The minimum absolute atomic E-state index is 0.0339. The first-order chi connectivity index (χ1) is 8.88. The third kappa shape index (κ3) is 3.06. The maximum Gasteiger partial charge on any atom is 0.277 e. The molecule has 0 aliphatic carbocycles. The number of halogens is 2. The van der Waals surface area contributed by atoms with E-state index in [1.807, 2.05) is 0 Å². The monoisotopic (exact) mass is 304 g/mol. The molecule has 100 valence electrons. The molecule has 0 bridgehead atoms. The summed E-state index contributed by atoms with van der Waals surface area (Å²) in [7, 11) is 1.04. The molecule has 0 saturated heterocycles. The first-order valence-corrected chi connectivity index (χ1v) is 7.10. The van der Waals surface area contributed by atoms with E-state index in [4.69, 9.17) is 10.7 Å². The summed E-state index contributed by atoms with van der Waals surface area (Å²) in [5.74, 6) is -1.62. The fourth-order valence-electron chi connectivity index (χ4n) is 1.25. The summed E-state index contributed by atoms with van der Waals surface area (Å²) in [5.41, 5.74) is -0.231. The Kier molecular flexibility index (Phi) is 3.49. The smallest absolute Gasteiger partial charge is 0.277 e. The molecule has 0 spiro atoms. The maximum atomic E-state index is 13.6. The molecule has 0 unspecified atom stereocenters. The van der Waals surface area contributed by atoms with E-state index in [0.29, 0.717) is 6.07 Å². The van der Waals surface area contributed by atoms with Crippen LogP contribution in [-0.4, -0.2) is 29.7 Å². The molecule has 7 nitrogen and oxygen atoms in total. The molecule has 2 aromatic rings. The maximum absolute atomic E-state index is 13.6. The molecule has 0 saturated carbocycles. The predicted molar refractivity (Wildman–Crippen MR) is 63.8 cm³/mol. The molecule has 10 heteroatoms. The Morgan fingerprint density at radius 1 is 1.42 bits per heavy atom. The van der Waals surface area contributed by atoms with Crippen LogP contribution in [0, 0.1) is 5.82 Å².